The van der Waals surface area contributed by atoms with Crippen molar-refractivity contribution in [3.63, 3.8) is 0 Å². The number of carbonyl (C=O) groups is 1. The maximum atomic E-state index is 13.0. The number of para-hydroxylation sites is 1. The topological polar surface area (TPSA) is 55.8 Å². The number of anilines is 2. The van der Waals surface area contributed by atoms with Crippen molar-refractivity contribution >= 4 is 17.5 Å². The van der Waals surface area contributed by atoms with Gasteiger partial charge in [0.25, 0.3) is 5.91 Å². The van der Waals surface area contributed by atoms with Crippen LogP contribution in [0.2, 0.25) is 0 Å². The highest BCUT2D eigenvalue weighted by Crippen LogP contribution is 2.17. The number of piperazine rings is 2. The first-order valence-corrected chi connectivity index (χ1v) is 10.1. The Balaban J connectivity index is 1.38. The van der Waals surface area contributed by atoms with E-state index in [9.17, 15) is 4.79 Å². The Labute approximate surface area is 166 Å². The predicted molar refractivity (Wildman–Crippen MR) is 111 cm³/mol. The zero-order valence-electron chi connectivity index (χ0n) is 16.5. The van der Waals surface area contributed by atoms with Crippen LogP contribution in [0, 0.1) is 0 Å². The van der Waals surface area contributed by atoms with Gasteiger partial charge in [-0.15, -0.1) is 0 Å². The van der Waals surface area contributed by atoms with Gasteiger partial charge in [-0.1, -0.05) is 25.1 Å². The third-order valence-corrected chi connectivity index (χ3v) is 5.65. The summed E-state index contributed by atoms with van der Waals surface area (Å²) in [5, 5.41) is 0. The average molecular weight is 380 g/mol. The standard InChI is InChI=1S/C21H28N6O/c1-2-24-10-12-27(13-11-24)21-22-9-8-19(23-21)20(28)26-16-14-25(15-17-26)18-6-4-3-5-7-18/h3-9H,2,10-17H2,1H3. The molecular formula is C21H28N6O. The van der Waals surface area contributed by atoms with Crippen LogP contribution in [0.1, 0.15) is 17.4 Å². The van der Waals surface area contributed by atoms with Gasteiger partial charge >= 0.3 is 0 Å². The molecule has 0 unspecified atom stereocenters. The van der Waals surface area contributed by atoms with Crippen molar-refractivity contribution in [2.45, 2.75) is 6.92 Å². The van der Waals surface area contributed by atoms with Gasteiger partial charge in [0.05, 0.1) is 0 Å². The molecule has 4 rings (SSSR count). The highest BCUT2D eigenvalue weighted by molar-refractivity contribution is 5.92. The van der Waals surface area contributed by atoms with Crippen LogP contribution in [-0.2, 0) is 0 Å². The summed E-state index contributed by atoms with van der Waals surface area (Å²) in [7, 11) is 0. The number of carbonyl (C=O) groups excluding carboxylic acids is 1. The zero-order chi connectivity index (χ0) is 19.3. The molecule has 1 aromatic heterocycles. The number of hydrogen-bond acceptors (Lipinski definition) is 6. The van der Waals surface area contributed by atoms with Gasteiger partial charge in [-0.2, -0.15) is 0 Å². The summed E-state index contributed by atoms with van der Waals surface area (Å²) in [4.78, 5) is 30.8. The van der Waals surface area contributed by atoms with Gasteiger partial charge < -0.3 is 19.6 Å². The fraction of sp³-hybridized carbons (Fsp3) is 0.476. The van der Waals surface area contributed by atoms with Gasteiger partial charge in [-0.25, -0.2) is 9.97 Å². The summed E-state index contributed by atoms with van der Waals surface area (Å²) in [6.45, 7) is 10.2. The van der Waals surface area contributed by atoms with Crippen LogP contribution in [0.5, 0.6) is 0 Å². The summed E-state index contributed by atoms with van der Waals surface area (Å²) < 4.78 is 0. The fourth-order valence-electron chi connectivity index (χ4n) is 3.85. The third kappa shape index (κ3) is 4.09. The summed E-state index contributed by atoms with van der Waals surface area (Å²) >= 11 is 0. The van der Waals surface area contributed by atoms with Crippen molar-refractivity contribution in [3.8, 4) is 0 Å². The molecule has 148 valence electrons. The Bertz CT molecular complexity index is 782. The van der Waals surface area contributed by atoms with E-state index < -0.39 is 0 Å². The Hall–Kier alpha value is -2.67. The first kappa shape index (κ1) is 18.7. The second kappa shape index (κ2) is 8.56. The quantitative estimate of drug-likeness (QED) is 0.803. The molecule has 2 aromatic rings. The molecule has 7 heteroatoms. The second-order valence-corrected chi connectivity index (χ2v) is 7.28. The Morgan fingerprint density at radius 2 is 1.57 bits per heavy atom. The molecule has 0 N–H and O–H groups in total. The minimum Gasteiger partial charge on any atom is -0.368 e. The van der Waals surface area contributed by atoms with Gasteiger partial charge in [0.2, 0.25) is 5.95 Å². The van der Waals surface area contributed by atoms with Crippen LogP contribution in [0.15, 0.2) is 42.6 Å². The maximum absolute atomic E-state index is 13.0. The number of benzene rings is 1. The van der Waals surface area contributed by atoms with Crippen LogP contribution in [-0.4, -0.2) is 84.6 Å². The van der Waals surface area contributed by atoms with Crippen molar-refractivity contribution in [2.75, 3.05) is 68.7 Å². The molecule has 0 spiro atoms. The van der Waals surface area contributed by atoms with E-state index >= 15 is 0 Å². The lowest BCUT2D eigenvalue weighted by atomic mass is 10.2. The average Bonchev–Trinajstić information content (AvgIpc) is 2.79. The van der Waals surface area contributed by atoms with Crippen LogP contribution >= 0.6 is 0 Å². The summed E-state index contributed by atoms with van der Waals surface area (Å²) in [5.74, 6) is 0.674. The van der Waals surface area contributed by atoms with Crippen molar-refractivity contribution in [2.24, 2.45) is 0 Å². The van der Waals surface area contributed by atoms with E-state index in [2.05, 4.69) is 55.9 Å². The van der Waals surface area contributed by atoms with Gasteiger partial charge in [0.1, 0.15) is 5.69 Å². The zero-order valence-corrected chi connectivity index (χ0v) is 16.5. The van der Waals surface area contributed by atoms with Crippen LogP contribution in [0.25, 0.3) is 0 Å². The molecule has 2 aliphatic heterocycles. The monoisotopic (exact) mass is 380 g/mol. The van der Waals surface area contributed by atoms with Gasteiger partial charge in [-0.05, 0) is 24.7 Å². The summed E-state index contributed by atoms with van der Waals surface area (Å²) in [6, 6.07) is 12.1. The lowest BCUT2D eigenvalue weighted by molar-refractivity contribution is 0.0740. The Kier molecular flexibility index (Phi) is 5.71. The van der Waals surface area contributed by atoms with E-state index in [0.717, 1.165) is 45.8 Å². The number of hydrogen-bond donors (Lipinski definition) is 0. The van der Waals surface area contributed by atoms with E-state index in [1.54, 1.807) is 12.3 Å². The smallest absolute Gasteiger partial charge is 0.272 e. The van der Waals surface area contributed by atoms with E-state index in [1.807, 2.05) is 11.0 Å². The first-order chi connectivity index (χ1) is 13.7. The number of aromatic nitrogens is 2. The molecule has 0 atom stereocenters. The largest absolute Gasteiger partial charge is 0.368 e. The predicted octanol–water partition coefficient (Wildman–Crippen LogP) is 1.58. The molecule has 0 saturated carbocycles. The molecule has 28 heavy (non-hydrogen) atoms. The summed E-state index contributed by atoms with van der Waals surface area (Å²) in [6.07, 6.45) is 1.71. The van der Waals surface area contributed by atoms with Crippen LogP contribution in [0.3, 0.4) is 0 Å². The van der Waals surface area contributed by atoms with E-state index in [-0.39, 0.29) is 5.91 Å². The second-order valence-electron chi connectivity index (χ2n) is 7.28. The first-order valence-electron chi connectivity index (χ1n) is 10.1. The van der Waals surface area contributed by atoms with Crippen molar-refractivity contribution in [1.82, 2.24) is 19.8 Å². The van der Waals surface area contributed by atoms with Gasteiger partial charge in [-0.3, -0.25) is 4.79 Å². The van der Waals surface area contributed by atoms with Crippen molar-refractivity contribution < 1.29 is 4.79 Å². The summed E-state index contributed by atoms with van der Waals surface area (Å²) in [5.41, 5.74) is 1.71. The molecule has 0 radical (unpaired) electrons. The van der Waals surface area contributed by atoms with Crippen LogP contribution in [0.4, 0.5) is 11.6 Å². The third-order valence-electron chi connectivity index (χ3n) is 5.65. The molecular weight excluding hydrogens is 352 g/mol. The van der Waals surface area contributed by atoms with E-state index in [0.29, 0.717) is 24.7 Å². The van der Waals surface area contributed by atoms with Crippen molar-refractivity contribution in [3.05, 3.63) is 48.3 Å². The number of amides is 1. The molecule has 0 aliphatic carbocycles. The molecule has 7 nitrogen and oxygen atoms in total. The van der Waals surface area contributed by atoms with E-state index in [1.165, 1.54) is 5.69 Å². The Morgan fingerprint density at radius 3 is 2.25 bits per heavy atom. The molecule has 0 bridgehead atoms. The Morgan fingerprint density at radius 1 is 0.893 bits per heavy atom. The normalized spacial score (nSPS) is 18.4. The SMILES string of the molecule is CCN1CCN(c2nccc(C(=O)N3CCN(c4ccccc4)CC3)n2)CC1. The maximum Gasteiger partial charge on any atom is 0.272 e. The van der Waals surface area contributed by atoms with E-state index in [4.69, 9.17) is 0 Å². The van der Waals surface area contributed by atoms with Crippen LogP contribution < -0.4 is 9.80 Å². The molecule has 2 saturated heterocycles. The molecule has 2 fully saturated rings. The minimum atomic E-state index is 0.00329. The van der Waals surface area contributed by atoms with Crippen molar-refractivity contribution in [1.29, 1.82) is 0 Å². The molecule has 2 aliphatic rings. The highest BCUT2D eigenvalue weighted by atomic mass is 16.2. The van der Waals surface area contributed by atoms with Gasteiger partial charge in [0, 0.05) is 64.2 Å². The highest BCUT2D eigenvalue weighted by Gasteiger charge is 2.24. The number of nitrogens with zero attached hydrogens (tertiary/aromatic N) is 6. The number of likely N-dealkylation sites (N-methyl/N-ethyl adjacent to an activating group) is 1. The minimum absolute atomic E-state index is 0.00329. The molecule has 3 heterocycles. The lowest BCUT2D eigenvalue weighted by Gasteiger charge is -2.36. The fourth-order valence-corrected chi connectivity index (χ4v) is 3.85. The lowest BCUT2D eigenvalue weighted by Crippen LogP contribution is -2.49. The molecule has 1 aromatic carbocycles. The number of rotatable bonds is 4. The molecule has 1 amide bonds. The van der Waals surface area contributed by atoms with Gasteiger partial charge in [0.15, 0.2) is 0 Å².